The first-order chi connectivity index (χ1) is 18.0. The molecule has 0 aliphatic heterocycles. The summed E-state index contributed by atoms with van der Waals surface area (Å²) in [5.74, 6) is -2.53. The smallest absolute Gasteiger partial charge is 0.334 e. The molecule has 0 saturated heterocycles. The molecule has 1 aliphatic rings. The van der Waals surface area contributed by atoms with Gasteiger partial charge in [0, 0.05) is 0 Å². The number of rotatable bonds is 10. The number of ether oxygens (including phenoxy) is 2. The molecule has 5 rings (SSSR count). The van der Waals surface area contributed by atoms with Crippen LogP contribution in [0, 0.1) is 0 Å². The number of carbonyl (C=O) groups is 2. The van der Waals surface area contributed by atoms with Gasteiger partial charge >= 0.3 is 11.9 Å². The topological polar surface area (TPSA) is 93.1 Å². The number of hydrogen-bond donors (Lipinski definition) is 2. The van der Waals surface area contributed by atoms with Crippen molar-refractivity contribution in [3.8, 4) is 11.1 Å². The molecule has 0 heterocycles. The fourth-order valence-corrected chi connectivity index (χ4v) is 5.31. The Kier molecular flexibility index (Phi) is 6.86. The van der Waals surface area contributed by atoms with Gasteiger partial charge in [-0.1, -0.05) is 109 Å². The Morgan fingerprint density at radius 1 is 0.568 bits per heavy atom. The molecule has 0 amide bonds. The van der Waals surface area contributed by atoms with Crippen LogP contribution in [0.1, 0.15) is 22.3 Å². The first kappa shape index (κ1) is 24.4. The van der Waals surface area contributed by atoms with E-state index in [9.17, 15) is 19.8 Å². The summed E-state index contributed by atoms with van der Waals surface area (Å²) >= 11 is 0. The molecule has 4 aromatic rings. The van der Waals surface area contributed by atoms with E-state index in [0.29, 0.717) is 11.1 Å². The average molecular weight is 495 g/mol. The SMILES string of the molecule is O=C(O)C(OCc1ccccc1)C1(C(OCc2ccccc2)C(=O)O)c2ccccc2-c2ccccc21. The first-order valence-corrected chi connectivity index (χ1v) is 12.0. The normalized spacial score (nSPS) is 14.8. The molecule has 6 nitrogen and oxygen atoms in total. The zero-order valence-electron chi connectivity index (χ0n) is 20.0. The van der Waals surface area contributed by atoms with Crippen molar-refractivity contribution in [2.75, 3.05) is 0 Å². The van der Waals surface area contributed by atoms with E-state index in [1.54, 1.807) is 24.3 Å². The summed E-state index contributed by atoms with van der Waals surface area (Å²) in [7, 11) is 0. The molecule has 186 valence electrons. The molecule has 2 atom stereocenters. The van der Waals surface area contributed by atoms with Crippen LogP contribution >= 0.6 is 0 Å². The van der Waals surface area contributed by atoms with Crippen LogP contribution in [0.3, 0.4) is 0 Å². The van der Waals surface area contributed by atoms with Gasteiger partial charge in [0.25, 0.3) is 0 Å². The highest BCUT2D eigenvalue weighted by molar-refractivity contribution is 5.91. The molecule has 0 fully saturated rings. The quantitative estimate of drug-likeness (QED) is 0.311. The molecule has 0 aromatic heterocycles. The fourth-order valence-electron chi connectivity index (χ4n) is 5.31. The van der Waals surface area contributed by atoms with Gasteiger partial charge in [0.2, 0.25) is 0 Å². The fraction of sp³-hybridized carbons (Fsp3) is 0.161. The van der Waals surface area contributed by atoms with E-state index in [0.717, 1.165) is 22.3 Å². The Morgan fingerprint density at radius 2 is 0.919 bits per heavy atom. The molecule has 2 N–H and O–H groups in total. The molecule has 6 heteroatoms. The van der Waals surface area contributed by atoms with Crippen LogP contribution in [0.5, 0.6) is 0 Å². The van der Waals surface area contributed by atoms with Crippen molar-refractivity contribution >= 4 is 11.9 Å². The zero-order chi connectivity index (χ0) is 25.8. The minimum absolute atomic E-state index is 0.00504. The Balaban J connectivity index is 1.69. The van der Waals surface area contributed by atoms with Gasteiger partial charge in [-0.2, -0.15) is 0 Å². The molecule has 0 spiro atoms. The molecular weight excluding hydrogens is 468 g/mol. The van der Waals surface area contributed by atoms with Crippen molar-refractivity contribution in [3.63, 3.8) is 0 Å². The Labute approximate surface area is 214 Å². The summed E-state index contributed by atoms with van der Waals surface area (Å²) in [6.07, 6.45) is -3.09. The predicted molar refractivity (Wildman–Crippen MR) is 138 cm³/mol. The first-order valence-electron chi connectivity index (χ1n) is 12.0. The number of carboxylic acids is 2. The van der Waals surface area contributed by atoms with Crippen molar-refractivity contribution in [1.82, 2.24) is 0 Å². The second-order valence-electron chi connectivity index (χ2n) is 8.99. The van der Waals surface area contributed by atoms with E-state index < -0.39 is 29.6 Å². The summed E-state index contributed by atoms with van der Waals surface area (Å²) in [4.78, 5) is 25.9. The number of aliphatic carboxylic acids is 2. The van der Waals surface area contributed by atoms with Gasteiger partial charge in [-0.25, -0.2) is 9.59 Å². The highest BCUT2D eigenvalue weighted by atomic mass is 16.5. The summed E-state index contributed by atoms with van der Waals surface area (Å²) in [6, 6.07) is 33.0. The van der Waals surface area contributed by atoms with Gasteiger partial charge in [-0.3, -0.25) is 0 Å². The van der Waals surface area contributed by atoms with Crippen LogP contribution in [-0.2, 0) is 37.7 Å². The second kappa shape index (κ2) is 10.4. The lowest BCUT2D eigenvalue weighted by molar-refractivity contribution is -0.172. The lowest BCUT2D eigenvalue weighted by atomic mass is 9.68. The largest absolute Gasteiger partial charge is 0.479 e. The highest BCUT2D eigenvalue weighted by Crippen LogP contribution is 2.54. The van der Waals surface area contributed by atoms with Crippen molar-refractivity contribution in [3.05, 3.63) is 131 Å². The van der Waals surface area contributed by atoms with E-state index in [1.165, 1.54) is 0 Å². The van der Waals surface area contributed by atoms with Crippen LogP contribution in [0.25, 0.3) is 11.1 Å². The predicted octanol–water partition coefficient (Wildman–Crippen LogP) is 5.29. The molecule has 1 aliphatic carbocycles. The van der Waals surface area contributed by atoms with Crippen LogP contribution in [0.15, 0.2) is 109 Å². The van der Waals surface area contributed by atoms with E-state index in [1.807, 2.05) is 84.9 Å². The van der Waals surface area contributed by atoms with Gasteiger partial charge in [0.05, 0.1) is 18.6 Å². The van der Waals surface area contributed by atoms with Gasteiger partial charge in [-0.15, -0.1) is 0 Å². The molecule has 0 saturated carbocycles. The Bertz CT molecular complexity index is 1290. The summed E-state index contributed by atoms with van der Waals surface area (Å²) < 4.78 is 12.3. The molecular formula is C31H26O6. The molecule has 4 aromatic carbocycles. The Morgan fingerprint density at radius 3 is 1.30 bits per heavy atom. The van der Waals surface area contributed by atoms with Crippen LogP contribution < -0.4 is 0 Å². The Hall–Kier alpha value is -4.26. The molecule has 37 heavy (non-hydrogen) atoms. The van der Waals surface area contributed by atoms with E-state index in [2.05, 4.69) is 0 Å². The van der Waals surface area contributed by atoms with Crippen molar-refractivity contribution in [1.29, 1.82) is 0 Å². The standard InChI is InChI=1S/C31H26O6/c32-29(33)27(36-19-21-11-3-1-4-12-21)31(28(30(34)35)37-20-22-13-5-2-6-14-22)25-17-9-7-15-23(25)24-16-8-10-18-26(24)31/h1-18,27-28H,19-20H2,(H,32,33)(H,34,35). The number of fused-ring (bicyclic) bond motifs is 3. The van der Waals surface area contributed by atoms with Crippen molar-refractivity contribution in [2.24, 2.45) is 0 Å². The third kappa shape index (κ3) is 4.42. The molecule has 0 bridgehead atoms. The second-order valence-corrected chi connectivity index (χ2v) is 8.99. The lowest BCUT2D eigenvalue weighted by Crippen LogP contribution is -2.57. The van der Waals surface area contributed by atoms with Crippen molar-refractivity contribution < 1.29 is 29.3 Å². The van der Waals surface area contributed by atoms with E-state index in [-0.39, 0.29) is 13.2 Å². The third-order valence-corrected chi connectivity index (χ3v) is 6.83. The van der Waals surface area contributed by atoms with Gasteiger partial charge in [0.15, 0.2) is 12.2 Å². The highest BCUT2D eigenvalue weighted by Gasteiger charge is 2.60. The maximum Gasteiger partial charge on any atom is 0.334 e. The van der Waals surface area contributed by atoms with Crippen LogP contribution in [0.4, 0.5) is 0 Å². The average Bonchev–Trinajstić information content (AvgIpc) is 3.21. The van der Waals surface area contributed by atoms with Crippen molar-refractivity contribution in [2.45, 2.75) is 30.8 Å². The minimum Gasteiger partial charge on any atom is -0.479 e. The zero-order valence-corrected chi connectivity index (χ0v) is 20.0. The van der Waals surface area contributed by atoms with Gasteiger partial charge < -0.3 is 19.7 Å². The van der Waals surface area contributed by atoms with Gasteiger partial charge in [-0.05, 0) is 33.4 Å². The van der Waals surface area contributed by atoms with E-state index >= 15 is 0 Å². The summed E-state index contributed by atoms with van der Waals surface area (Å²) in [6.45, 7) is -0.0101. The van der Waals surface area contributed by atoms with Crippen LogP contribution in [0.2, 0.25) is 0 Å². The number of hydrogen-bond acceptors (Lipinski definition) is 4. The number of carboxylic acid groups (broad SMARTS) is 2. The minimum atomic E-state index is -1.64. The lowest BCUT2D eigenvalue weighted by Gasteiger charge is -2.41. The maximum absolute atomic E-state index is 13.0. The van der Waals surface area contributed by atoms with Gasteiger partial charge in [0.1, 0.15) is 0 Å². The summed E-state index contributed by atoms with van der Waals surface area (Å²) in [5, 5.41) is 21.1. The third-order valence-electron chi connectivity index (χ3n) is 6.83. The maximum atomic E-state index is 13.0. The summed E-state index contributed by atoms with van der Waals surface area (Å²) in [5.41, 5.74) is 2.55. The van der Waals surface area contributed by atoms with E-state index in [4.69, 9.17) is 9.47 Å². The van der Waals surface area contributed by atoms with Crippen LogP contribution in [-0.4, -0.2) is 34.4 Å². The number of benzene rings is 4. The molecule has 0 radical (unpaired) electrons. The monoisotopic (exact) mass is 494 g/mol. The molecule has 2 unspecified atom stereocenters.